The number of primary amides is 1. The number of benzene rings is 1. The molecule has 0 spiro atoms. The molecule has 0 fully saturated rings. The van der Waals surface area contributed by atoms with Crippen LogP contribution in [0.5, 0.6) is 0 Å². The average molecular weight is 547 g/mol. The third-order valence-electron chi connectivity index (χ3n) is 6.36. The monoisotopic (exact) mass is 546 g/mol. The predicted molar refractivity (Wildman–Crippen MR) is 154 cm³/mol. The van der Waals surface area contributed by atoms with Crippen molar-refractivity contribution < 1.29 is 23.9 Å². The molecule has 39 heavy (non-hydrogen) atoms. The fourth-order valence-electron chi connectivity index (χ4n) is 4.36. The number of nitrogens with one attached hydrogen (secondary N) is 2. The second kappa shape index (κ2) is 16.1. The van der Waals surface area contributed by atoms with E-state index in [4.69, 9.17) is 10.5 Å². The van der Waals surface area contributed by atoms with Crippen LogP contribution in [0.1, 0.15) is 109 Å². The lowest BCUT2D eigenvalue weighted by molar-refractivity contribution is -0.143. The van der Waals surface area contributed by atoms with Crippen LogP contribution >= 0.6 is 0 Å². The molecule has 2 atom stereocenters. The molecule has 9 nitrogen and oxygen atoms in total. The zero-order chi connectivity index (χ0) is 29.8. The average Bonchev–Trinajstić information content (AvgIpc) is 2.80. The maximum absolute atomic E-state index is 14.1. The van der Waals surface area contributed by atoms with Crippen LogP contribution in [0.15, 0.2) is 18.2 Å². The van der Waals surface area contributed by atoms with Crippen molar-refractivity contribution in [1.29, 1.82) is 0 Å². The Kier molecular flexibility index (Phi) is 14.0. The predicted octanol–water partition coefficient (Wildman–Crippen LogP) is 4.83. The van der Waals surface area contributed by atoms with Crippen molar-refractivity contribution in [3.63, 3.8) is 0 Å². The minimum Gasteiger partial charge on any atom is -0.444 e. The van der Waals surface area contributed by atoms with Gasteiger partial charge in [-0.3, -0.25) is 14.4 Å². The number of unbranched alkanes of at least 4 members (excludes halogenated alkanes) is 5. The van der Waals surface area contributed by atoms with Gasteiger partial charge in [0.1, 0.15) is 17.7 Å². The highest BCUT2D eigenvalue weighted by Gasteiger charge is 2.37. The van der Waals surface area contributed by atoms with E-state index in [0.29, 0.717) is 12.0 Å². The van der Waals surface area contributed by atoms with E-state index in [0.717, 1.165) is 43.2 Å². The van der Waals surface area contributed by atoms with Gasteiger partial charge in [0.15, 0.2) is 0 Å². The summed E-state index contributed by atoms with van der Waals surface area (Å²) in [4.78, 5) is 53.9. The number of rotatable bonds is 15. The van der Waals surface area contributed by atoms with Gasteiger partial charge in [0, 0.05) is 12.6 Å². The molecule has 0 radical (unpaired) electrons. The number of carbonyl (C=O) groups excluding carboxylic acids is 4. The number of carbonyl (C=O) groups is 4. The standard InChI is InChI=1S/C30H50N4O5/c1-9-10-11-12-13-14-18-34(28(37)24(19-25(31)35)33-29(38)39-30(6,7)8)26(27(36)32-20(2)3)23-17-15-16-21(4)22(23)5/h15-17,20,24,26H,9-14,18-19H2,1-8H3,(H2,31,35)(H,32,36)(H,33,38). The molecule has 0 aliphatic carbocycles. The zero-order valence-corrected chi connectivity index (χ0v) is 25.2. The van der Waals surface area contributed by atoms with Gasteiger partial charge in [-0.05, 0) is 71.6 Å². The van der Waals surface area contributed by atoms with E-state index in [1.165, 1.54) is 4.90 Å². The second-order valence-electron chi connectivity index (χ2n) is 11.5. The van der Waals surface area contributed by atoms with Crippen molar-refractivity contribution in [3.05, 3.63) is 34.9 Å². The first-order chi connectivity index (χ1) is 18.2. The molecular weight excluding hydrogens is 496 g/mol. The Bertz CT molecular complexity index is 971. The van der Waals surface area contributed by atoms with Crippen molar-refractivity contribution in [2.45, 2.75) is 124 Å². The van der Waals surface area contributed by atoms with Crippen LogP contribution in [0, 0.1) is 13.8 Å². The Morgan fingerprint density at radius 1 is 0.974 bits per heavy atom. The summed E-state index contributed by atoms with van der Waals surface area (Å²) in [7, 11) is 0. The highest BCUT2D eigenvalue weighted by Crippen LogP contribution is 2.28. The van der Waals surface area contributed by atoms with Crippen LogP contribution in [0.3, 0.4) is 0 Å². The van der Waals surface area contributed by atoms with Gasteiger partial charge in [0.25, 0.3) is 0 Å². The third kappa shape index (κ3) is 12.1. The van der Waals surface area contributed by atoms with Crippen molar-refractivity contribution in [1.82, 2.24) is 15.5 Å². The number of amides is 4. The molecule has 4 N–H and O–H groups in total. The highest BCUT2D eigenvalue weighted by atomic mass is 16.6. The van der Waals surface area contributed by atoms with Crippen LogP contribution in [0.25, 0.3) is 0 Å². The minimum atomic E-state index is -1.28. The fourth-order valence-corrected chi connectivity index (χ4v) is 4.36. The molecule has 0 aliphatic heterocycles. The summed E-state index contributed by atoms with van der Waals surface area (Å²) in [5.74, 6) is -1.63. The lowest BCUT2D eigenvalue weighted by Crippen LogP contribution is -2.54. The molecule has 0 saturated carbocycles. The van der Waals surface area contributed by atoms with Gasteiger partial charge in [-0.1, -0.05) is 57.2 Å². The van der Waals surface area contributed by atoms with Crippen molar-refractivity contribution in [2.24, 2.45) is 5.73 Å². The van der Waals surface area contributed by atoms with E-state index in [2.05, 4.69) is 17.6 Å². The van der Waals surface area contributed by atoms with Crippen LogP contribution < -0.4 is 16.4 Å². The summed E-state index contributed by atoms with van der Waals surface area (Å²) in [6.45, 7) is 15.1. The van der Waals surface area contributed by atoms with Crippen LogP contribution in [-0.2, 0) is 19.1 Å². The van der Waals surface area contributed by atoms with E-state index in [9.17, 15) is 19.2 Å². The van der Waals surface area contributed by atoms with Crippen molar-refractivity contribution in [3.8, 4) is 0 Å². The molecule has 0 heterocycles. The van der Waals surface area contributed by atoms with Crippen molar-refractivity contribution in [2.75, 3.05) is 6.54 Å². The lowest BCUT2D eigenvalue weighted by atomic mass is 9.94. The molecule has 220 valence electrons. The summed E-state index contributed by atoms with van der Waals surface area (Å²) in [5.41, 5.74) is 7.26. The third-order valence-corrected chi connectivity index (χ3v) is 6.36. The highest BCUT2D eigenvalue weighted by molar-refractivity contribution is 5.94. The molecule has 4 amide bonds. The van der Waals surface area contributed by atoms with Gasteiger partial charge < -0.3 is 26.0 Å². The number of hydrogen-bond acceptors (Lipinski definition) is 5. The Morgan fingerprint density at radius 3 is 2.15 bits per heavy atom. The van der Waals surface area contributed by atoms with Gasteiger partial charge in [-0.15, -0.1) is 0 Å². The smallest absolute Gasteiger partial charge is 0.408 e. The largest absolute Gasteiger partial charge is 0.444 e. The first kappa shape index (κ1) is 33.9. The Morgan fingerprint density at radius 2 is 1.59 bits per heavy atom. The minimum absolute atomic E-state index is 0.155. The molecule has 1 aromatic carbocycles. The van der Waals surface area contributed by atoms with Crippen LogP contribution in [0.2, 0.25) is 0 Å². The Labute approximate surface area is 234 Å². The Balaban J connectivity index is 3.52. The first-order valence-corrected chi connectivity index (χ1v) is 14.1. The molecule has 0 aromatic heterocycles. The molecule has 2 unspecified atom stereocenters. The number of alkyl carbamates (subject to hydrolysis) is 1. The summed E-state index contributed by atoms with van der Waals surface area (Å²) < 4.78 is 5.34. The van der Waals surface area contributed by atoms with Gasteiger partial charge in [-0.2, -0.15) is 0 Å². The van der Waals surface area contributed by atoms with E-state index >= 15 is 0 Å². The summed E-state index contributed by atoms with van der Waals surface area (Å²) in [6, 6.07) is 3.27. The van der Waals surface area contributed by atoms with Gasteiger partial charge in [0.2, 0.25) is 17.7 Å². The van der Waals surface area contributed by atoms with E-state index in [1.54, 1.807) is 20.8 Å². The number of nitrogens with zero attached hydrogens (tertiary/aromatic N) is 1. The molecule has 0 saturated heterocycles. The number of nitrogens with two attached hydrogens (primary N) is 1. The SMILES string of the molecule is CCCCCCCCN(C(=O)C(CC(N)=O)NC(=O)OC(C)(C)C)C(C(=O)NC(C)C)c1cccc(C)c1C. The van der Waals surface area contributed by atoms with Gasteiger partial charge >= 0.3 is 6.09 Å². The second-order valence-corrected chi connectivity index (χ2v) is 11.5. The van der Waals surface area contributed by atoms with E-state index in [1.807, 2.05) is 45.9 Å². The number of ether oxygens (including phenoxy) is 1. The normalized spacial score (nSPS) is 12.9. The number of hydrogen-bond donors (Lipinski definition) is 3. The molecule has 0 aliphatic rings. The summed E-state index contributed by atoms with van der Waals surface area (Å²) >= 11 is 0. The van der Waals surface area contributed by atoms with Crippen LogP contribution in [0.4, 0.5) is 4.79 Å². The Hall–Kier alpha value is -3.10. The maximum atomic E-state index is 14.1. The van der Waals surface area contributed by atoms with Crippen LogP contribution in [-0.4, -0.2) is 52.9 Å². The van der Waals surface area contributed by atoms with Gasteiger partial charge in [-0.25, -0.2) is 4.79 Å². The quantitative estimate of drug-likeness (QED) is 0.271. The molecule has 1 aromatic rings. The zero-order valence-electron chi connectivity index (χ0n) is 25.2. The molecule has 1 rings (SSSR count). The number of aryl methyl sites for hydroxylation is 1. The fraction of sp³-hybridized carbons (Fsp3) is 0.667. The van der Waals surface area contributed by atoms with Gasteiger partial charge in [0.05, 0.1) is 6.42 Å². The molecular formula is C30H50N4O5. The topological polar surface area (TPSA) is 131 Å². The summed E-state index contributed by atoms with van der Waals surface area (Å²) in [5, 5.41) is 5.49. The van der Waals surface area contributed by atoms with E-state index < -0.39 is 42.0 Å². The maximum Gasteiger partial charge on any atom is 0.408 e. The first-order valence-electron chi connectivity index (χ1n) is 14.1. The molecule has 0 bridgehead atoms. The molecule has 9 heteroatoms. The lowest BCUT2D eigenvalue weighted by Gasteiger charge is -2.35. The van der Waals surface area contributed by atoms with E-state index in [-0.39, 0.29) is 18.5 Å². The van der Waals surface area contributed by atoms with Crippen molar-refractivity contribution >= 4 is 23.8 Å². The summed E-state index contributed by atoms with van der Waals surface area (Å²) in [6.07, 6.45) is 4.68.